The van der Waals surface area contributed by atoms with Gasteiger partial charge in [-0.2, -0.15) is 0 Å². The van der Waals surface area contributed by atoms with Crippen molar-refractivity contribution in [2.24, 2.45) is 5.73 Å². The molecule has 3 N–H and O–H groups in total. The van der Waals surface area contributed by atoms with Crippen molar-refractivity contribution in [1.29, 1.82) is 0 Å². The highest BCUT2D eigenvalue weighted by Crippen LogP contribution is 2.17. The zero-order chi connectivity index (χ0) is 11.8. The van der Waals surface area contributed by atoms with Gasteiger partial charge in [-0.15, -0.1) is 0 Å². The summed E-state index contributed by atoms with van der Waals surface area (Å²) < 4.78 is 0. The standard InChI is InChI=1S/C13H20N2O/c1-2-6-12(15-10-9-13(14)16)11-7-4-3-5-8-11/h3-5,7-8,12,15H,2,6,9-10H2,1H3,(H2,14,16). The van der Waals surface area contributed by atoms with Gasteiger partial charge in [-0.3, -0.25) is 4.79 Å². The first-order valence-corrected chi connectivity index (χ1v) is 5.80. The molecule has 3 heteroatoms. The van der Waals surface area contributed by atoms with Crippen molar-refractivity contribution >= 4 is 5.91 Å². The van der Waals surface area contributed by atoms with Gasteiger partial charge in [-0.1, -0.05) is 43.7 Å². The molecule has 0 aliphatic rings. The van der Waals surface area contributed by atoms with Crippen molar-refractivity contribution in [2.45, 2.75) is 32.2 Å². The Kier molecular flexibility index (Phi) is 5.57. The zero-order valence-corrected chi connectivity index (χ0v) is 9.78. The SMILES string of the molecule is CCCC(NCCC(N)=O)c1ccccc1. The number of nitrogens with two attached hydrogens (primary N) is 1. The fraction of sp³-hybridized carbons (Fsp3) is 0.462. The number of hydrogen-bond acceptors (Lipinski definition) is 2. The number of amides is 1. The Labute approximate surface area is 97.0 Å². The highest BCUT2D eigenvalue weighted by molar-refractivity contribution is 5.73. The molecule has 0 aromatic heterocycles. The van der Waals surface area contributed by atoms with Gasteiger partial charge >= 0.3 is 0 Å². The van der Waals surface area contributed by atoms with Crippen molar-refractivity contribution in [3.8, 4) is 0 Å². The van der Waals surface area contributed by atoms with Crippen LogP contribution in [0.4, 0.5) is 0 Å². The fourth-order valence-electron chi connectivity index (χ4n) is 1.73. The predicted octanol–water partition coefficient (Wildman–Crippen LogP) is 1.99. The molecule has 0 fully saturated rings. The third-order valence-electron chi connectivity index (χ3n) is 2.54. The highest BCUT2D eigenvalue weighted by atomic mass is 16.1. The monoisotopic (exact) mass is 220 g/mol. The van der Waals surface area contributed by atoms with E-state index in [1.807, 2.05) is 18.2 Å². The average molecular weight is 220 g/mol. The number of carbonyl (C=O) groups is 1. The van der Waals surface area contributed by atoms with Crippen LogP contribution in [0.15, 0.2) is 30.3 Å². The largest absolute Gasteiger partial charge is 0.370 e. The van der Waals surface area contributed by atoms with Crippen molar-refractivity contribution in [1.82, 2.24) is 5.32 Å². The number of nitrogens with one attached hydrogen (secondary N) is 1. The number of carbonyl (C=O) groups excluding carboxylic acids is 1. The summed E-state index contributed by atoms with van der Waals surface area (Å²) in [5.41, 5.74) is 6.38. The molecule has 16 heavy (non-hydrogen) atoms. The van der Waals surface area contributed by atoms with Crippen LogP contribution < -0.4 is 11.1 Å². The molecule has 1 unspecified atom stereocenters. The second-order valence-corrected chi connectivity index (χ2v) is 3.92. The third kappa shape index (κ3) is 4.45. The molecule has 1 aromatic rings. The number of rotatable bonds is 7. The van der Waals surface area contributed by atoms with Crippen LogP contribution in [-0.2, 0) is 4.79 Å². The second kappa shape index (κ2) is 7.01. The summed E-state index contributed by atoms with van der Waals surface area (Å²) in [5.74, 6) is -0.254. The van der Waals surface area contributed by atoms with Crippen LogP contribution in [0.2, 0.25) is 0 Å². The summed E-state index contributed by atoms with van der Waals surface area (Å²) in [4.78, 5) is 10.7. The Morgan fingerprint density at radius 3 is 2.62 bits per heavy atom. The van der Waals surface area contributed by atoms with Gasteiger partial charge in [0.05, 0.1) is 0 Å². The molecule has 0 saturated heterocycles. The molecule has 0 aliphatic heterocycles. The number of primary amides is 1. The number of hydrogen-bond donors (Lipinski definition) is 2. The van der Waals surface area contributed by atoms with Gasteiger partial charge < -0.3 is 11.1 Å². The molecule has 0 saturated carbocycles. The van der Waals surface area contributed by atoms with E-state index >= 15 is 0 Å². The summed E-state index contributed by atoms with van der Waals surface area (Å²) in [6, 6.07) is 10.6. The molecule has 1 rings (SSSR count). The first-order valence-electron chi connectivity index (χ1n) is 5.80. The van der Waals surface area contributed by atoms with Crippen LogP contribution in [-0.4, -0.2) is 12.5 Å². The van der Waals surface area contributed by atoms with Crippen molar-refractivity contribution < 1.29 is 4.79 Å². The lowest BCUT2D eigenvalue weighted by Gasteiger charge is -2.18. The molecule has 1 amide bonds. The van der Waals surface area contributed by atoms with E-state index in [9.17, 15) is 4.79 Å². The topological polar surface area (TPSA) is 55.1 Å². The first-order chi connectivity index (χ1) is 7.74. The quantitative estimate of drug-likeness (QED) is 0.738. The summed E-state index contributed by atoms with van der Waals surface area (Å²) >= 11 is 0. The Hall–Kier alpha value is -1.35. The normalized spacial score (nSPS) is 12.3. The molecular weight excluding hydrogens is 200 g/mol. The van der Waals surface area contributed by atoms with Crippen LogP contribution in [0, 0.1) is 0 Å². The molecule has 3 nitrogen and oxygen atoms in total. The minimum atomic E-state index is -0.254. The molecule has 1 atom stereocenters. The molecule has 1 aromatic carbocycles. The van der Waals surface area contributed by atoms with Crippen LogP contribution in [0.25, 0.3) is 0 Å². The molecule has 0 aliphatic carbocycles. The molecule has 0 radical (unpaired) electrons. The average Bonchev–Trinajstić information content (AvgIpc) is 2.29. The summed E-state index contributed by atoms with van der Waals surface area (Å²) in [6.45, 7) is 2.81. The van der Waals surface area contributed by atoms with Gasteiger partial charge in [0.25, 0.3) is 0 Å². The van der Waals surface area contributed by atoms with E-state index in [1.165, 1.54) is 5.56 Å². The molecule has 0 bridgehead atoms. The molecular formula is C13H20N2O. The predicted molar refractivity (Wildman–Crippen MR) is 65.9 cm³/mol. The van der Waals surface area contributed by atoms with Gasteiger partial charge in [0.1, 0.15) is 0 Å². The van der Waals surface area contributed by atoms with Crippen LogP contribution >= 0.6 is 0 Å². The smallest absolute Gasteiger partial charge is 0.218 e. The summed E-state index contributed by atoms with van der Waals surface area (Å²) in [6.07, 6.45) is 2.58. The van der Waals surface area contributed by atoms with E-state index in [4.69, 9.17) is 5.73 Å². The van der Waals surface area contributed by atoms with Gasteiger partial charge in [0, 0.05) is 19.0 Å². The van der Waals surface area contributed by atoms with Gasteiger partial charge in [0.15, 0.2) is 0 Å². The Morgan fingerprint density at radius 1 is 1.38 bits per heavy atom. The second-order valence-electron chi connectivity index (χ2n) is 3.92. The van der Waals surface area contributed by atoms with Crippen molar-refractivity contribution in [2.75, 3.05) is 6.54 Å². The van der Waals surface area contributed by atoms with Crippen LogP contribution in [0.5, 0.6) is 0 Å². The van der Waals surface area contributed by atoms with E-state index in [0.29, 0.717) is 19.0 Å². The highest BCUT2D eigenvalue weighted by Gasteiger charge is 2.09. The maximum atomic E-state index is 10.7. The summed E-state index contributed by atoms with van der Waals surface area (Å²) in [5, 5.41) is 3.37. The van der Waals surface area contributed by atoms with Crippen molar-refractivity contribution in [3.63, 3.8) is 0 Å². The lowest BCUT2D eigenvalue weighted by atomic mass is 10.0. The van der Waals surface area contributed by atoms with E-state index in [-0.39, 0.29) is 5.91 Å². The van der Waals surface area contributed by atoms with Gasteiger partial charge in [-0.25, -0.2) is 0 Å². The van der Waals surface area contributed by atoms with Crippen LogP contribution in [0.3, 0.4) is 0 Å². The lowest BCUT2D eigenvalue weighted by Crippen LogP contribution is -2.26. The Bertz CT molecular complexity index is 311. The lowest BCUT2D eigenvalue weighted by molar-refractivity contribution is -0.117. The zero-order valence-electron chi connectivity index (χ0n) is 9.78. The number of benzene rings is 1. The van der Waals surface area contributed by atoms with Gasteiger partial charge in [-0.05, 0) is 12.0 Å². The van der Waals surface area contributed by atoms with E-state index < -0.39 is 0 Å². The first kappa shape index (κ1) is 12.7. The fourth-order valence-corrected chi connectivity index (χ4v) is 1.73. The Morgan fingerprint density at radius 2 is 2.06 bits per heavy atom. The molecule has 0 heterocycles. The summed E-state index contributed by atoms with van der Waals surface area (Å²) in [7, 11) is 0. The minimum absolute atomic E-state index is 0.254. The Balaban J connectivity index is 2.51. The van der Waals surface area contributed by atoms with Crippen molar-refractivity contribution in [3.05, 3.63) is 35.9 Å². The third-order valence-corrected chi connectivity index (χ3v) is 2.54. The van der Waals surface area contributed by atoms with E-state index in [2.05, 4.69) is 24.4 Å². The maximum absolute atomic E-state index is 10.7. The van der Waals surface area contributed by atoms with E-state index in [0.717, 1.165) is 12.8 Å². The molecule has 88 valence electrons. The molecule has 0 spiro atoms. The minimum Gasteiger partial charge on any atom is -0.370 e. The maximum Gasteiger partial charge on any atom is 0.218 e. The van der Waals surface area contributed by atoms with E-state index in [1.54, 1.807) is 0 Å². The van der Waals surface area contributed by atoms with Crippen LogP contribution in [0.1, 0.15) is 37.8 Å². The van der Waals surface area contributed by atoms with Gasteiger partial charge in [0.2, 0.25) is 5.91 Å².